The summed E-state index contributed by atoms with van der Waals surface area (Å²) in [6.45, 7) is 1.94. The van der Waals surface area contributed by atoms with Gasteiger partial charge in [0.1, 0.15) is 23.5 Å². The summed E-state index contributed by atoms with van der Waals surface area (Å²) in [5, 5.41) is 7.48. The summed E-state index contributed by atoms with van der Waals surface area (Å²) < 4.78 is 15.0. The van der Waals surface area contributed by atoms with E-state index >= 15 is 0 Å². The Hall–Kier alpha value is -4.40. The van der Waals surface area contributed by atoms with Crippen LogP contribution in [0.2, 0.25) is 0 Å². The lowest BCUT2D eigenvalue weighted by Crippen LogP contribution is -2.27. The smallest absolute Gasteiger partial charge is 0.272 e. The van der Waals surface area contributed by atoms with Crippen molar-refractivity contribution in [2.75, 3.05) is 0 Å². The molecule has 1 fully saturated rings. The normalized spacial score (nSPS) is 14.8. The summed E-state index contributed by atoms with van der Waals surface area (Å²) in [6.07, 6.45) is 9.65. The highest BCUT2D eigenvalue weighted by molar-refractivity contribution is 6.02. The molecule has 8 nitrogen and oxygen atoms in total. The van der Waals surface area contributed by atoms with Crippen LogP contribution in [0.4, 0.5) is 4.39 Å². The van der Waals surface area contributed by atoms with Gasteiger partial charge in [-0.15, -0.1) is 0 Å². The zero-order valence-electron chi connectivity index (χ0n) is 20.4. The molecular formula is C28H26FN7O. The van der Waals surface area contributed by atoms with Crippen molar-refractivity contribution in [2.45, 2.75) is 44.6 Å². The van der Waals surface area contributed by atoms with Crippen LogP contribution >= 0.6 is 0 Å². The van der Waals surface area contributed by atoms with Gasteiger partial charge in [-0.25, -0.2) is 24.0 Å². The van der Waals surface area contributed by atoms with Gasteiger partial charge in [0, 0.05) is 17.7 Å². The molecule has 1 saturated carbocycles. The average molecular weight is 496 g/mol. The van der Waals surface area contributed by atoms with Crippen LogP contribution in [-0.2, 0) is 0 Å². The largest absolute Gasteiger partial charge is 0.344 e. The Bertz CT molecular complexity index is 1570. The van der Waals surface area contributed by atoms with Gasteiger partial charge >= 0.3 is 0 Å². The van der Waals surface area contributed by atoms with Crippen molar-refractivity contribution >= 4 is 17.1 Å². The van der Waals surface area contributed by atoms with Crippen LogP contribution in [0.15, 0.2) is 67.3 Å². The van der Waals surface area contributed by atoms with E-state index in [1.54, 1.807) is 23.0 Å². The molecule has 186 valence electrons. The molecule has 3 heterocycles. The van der Waals surface area contributed by atoms with Gasteiger partial charge in [-0.1, -0.05) is 31.0 Å². The number of nitrogens with zero attached hydrogens (tertiary/aromatic N) is 5. The number of H-pyrrole nitrogens is 1. The van der Waals surface area contributed by atoms with Crippen LogP contribution in [0.5, 0.6) is 0 Å². The minimum atomic E-state index is -0.288. The SMILES string of the molecule is C[C@H](NC(=O)c1ncnc2nc(C3CCCC3)[nH]c12)c1cccc(-c2cnn(-c3ccc(F)cc3)c2)c1. The van der Waals surface area contributed by atoms with E-state index in [0.717, 1.165) is 41.0 Å². The van der Waals surface area contributed by atoms with Gasteiger partial charge in [0.25, 0.3) is 5.91 Å². The molecule has 0 spiro atoms. The first-order valence-electron chi connectivity index (χ1n) is 12.5. The third kappa shape index (κ3) is 4.60. The number of carbonyl (C=O) groups is 1. The monoisotopic (exact) mass is 495 g/mol. The summed E-state index contributed by atoms with van der Waals surface area (Å²) in [5.41, 5.74) is 5.00. The molecule has 6 rings (SSSR count). The highest BCUT2D eigenvalue weighted by Crippen LogP contribution is 2.33. The molecule has 2 N–H and O–H groups in total. The van der Waals surface area contributed by atoms with E-state index in [9.17, 15) is 9.18 Å². The lowest BCUT2D eigenvalue weighted by molar-refractivity contribution is 0.0936. The van der Waals surface area contributed by atoms with Crippen LogP contribution in [-0.4, -0.2) is 35.6 Å². The van der Waals surface area contributed by atoms with E-state index in [-0.39, 0.29) is 17.8 Å². The number of aromatic amines is 1. The third-order valence-electron chi connectivity index (χ3n) is 7.00. The van der Waals surface area contributed by atoms with Crippen LogP contribution < -0.4 is 5.32 Å². The molecule has 1 atom stereocenters. The Morgan fingerprint density at radius 2 is 1.92 bits per heavy atom. The lowest BCUT2D eigenvalue weighted by Gasteiger charge is -2.15. The van der Waals surface area contributed by atoms with Crippen LogP contribution in [0.25, 0.3) is 28.0 Å². The first kappa shape index (κ1) is 23.0. The van der Waals surface area contributed by atoms with Crippen molar-refractivity contribution in [3.8, 4) is 16.8 Å². The van der Waals surface area contributed by atoms with Crippen LogP contribution in [0.3, 0.4) is 0 Å². The Kier molecular flexibility index (Phi) is 5.96. The average Bonchev–Trinajstić information content (AvgIpc) is 3.69. The number of amides is 1. The van der Waals surface area contributed by atoms with Crippen molar-refractivity contribution in [2.24, 2.45) is 0 Å². The van der Waals surface area contributed by atoms with Gasteiger partial charge < -0.3 is 10.3 Å². The van der Waals surface area contributed by atoms with E-state index in [1.807, 2.05) is 37.4 Å². The van der Waals surface area contributed by atoms with E-state index in [2.05, 4.69) is 30.4 Å². The van der Waals surface area contributed by atoms with Gasteiger partial charge in [0.05, 0.1) is 17.9 Å². The number of fused-ring (bicyclic) bond motifs is 1. The van der Waals surface area contributed by atoms with Crippen molar-refractivity contribution < 1.29 is 9.18 Å². The zero-order valence-corrected chi connectivity index (χ0v) is 20.4. The fourth-order valence-electron chi connectivity index (χ4n) is 4.95. The molecule has 37 heavy (non-hydrogen) atoms. The first-order chi connectivity index (χ1) is 18.0. The maximum atomic E-state index is 13.3. The summed E-state index contributed by atoms with van der Waals surface area (Å²) in [6, 6.07) is 13.9. The molecule has 0 radical (unpaired) electrons. The lowest BCUT2D eigenvalue weighted by atomic mass is 10.0. The second-order valence-corrected chi connectivity index (χ2v) is 9.49. The molecule has 0 unspecified atom stereocenters. The molecule has 1 aliphatic carbocycles. The van der Waals surface area contributed by atoms with Gasteiger partial charge in [-0.3, -0.25) is 4.79 Å². The minimum Gasteiger partial charge on any atom is -0.344 e. The molecule has 5 aromatic rings. The number of aromatic nitrogens is 6. The molecule has 0 bridgehead atoms. The summed E-state index contributed by atoms with van der Waals surface area (Å²) in [5.74, 6) is 0.712. The number of hydrogen-bond acceptors (Lipinski definition) is 5. The number of halogens is 1. The fourth-order valence-corrected chi connectivity index (χ4v) is 4.95. The second-order valence-electron chi connectivity index (χ2n) is 9.49. The number of rotatable bonds is 6. The maximum absolute atomic E-state index is 13.3. The molecular weight excluding hydrogens is 469 g/mol. The second kappa shape index (κ2) is 9.57. The number of carbonyl (C=O) groups excluding carboxylic acids is 1. The number of imidazole rings is 1. The van der Waals surface area contributed by atoms with E-state index in [1.165, 1.54) is 31.3 Å². The van der Waals surface area contributed by atoms with Gasteiger partial charge in [0.2, 0.25) is 0 Å². The van der Waals surface area contributed by atoms with E-state index in [0.29, 0.717) is 22.8 Å². The van der Waals surface area contributed by atoms with Crippen molar-refractivity contribution in [1.29, 1.82) is 0 Å². The quantitative estimate of drug-likeness (QED) is 0.324. The Morgan fingerprint density at radius 3 is 2.73 bits per heavy atom. The number of hydrogen-bond donors (Lipinski definition) is 2. The number of benzene rings is 2. The zero-order chi connectivity index (χ0) is 25.4. The molecule has 1 amide bonds. The maximum Gasteiger partial charge on any atom is 0.272 e. The minimum absolute atomic E-state index is 0.262. The molecule has 3 aromatic heterocycles. The van der Waals surface area contributed by atoms with Crippen LogP contribution in [0.1, 0.15) is 66.4 Å². The van der Waals surface area contributed by atoms with Crippen molar-refractivity contribution in [3.05, 3.63) is 90.2 Å². The standard InChI is InChI=1S/C28H26FN7O/c1-17(33-28(37)25-24-27(31-16-30-25)35-26(34-24)18-5-2-3-6-18)19-7-4-8-20(13-19)21-14-32-36(15-21)23-11-9-22(29)10-12-23/h4,7-18H,2-3,5-6H2,1H3,(H,33,37)(H,30,31,34,35)/t17-/m0/s1. The summed E-state index contributed by atoms with van der Waals surface area (Å²) in [7, 11) is 0. The molecule has 0 saturated heterocycles. The van der Waals surface area contributed by atoms with Crippen molar-refractivity contribution in [3.63, 3.8) is 0 Å². The Labute approximate surface area is 213 Å². The molecule has 0 aliphatic heterocycles. The van der Waals surface area contributed by atoms with Gasteiger partial charge in [-0.05, 0) is 61.2 Å². The predicted octanol–water partition coefficient (Wildman–Crippen LogP) is 5.49. The first-order valence-corrected chi connectivity index (χ1v) is 12.5. The Morgan fingerprint density at radius 1 is 1.11 bits per heavy atom. The summed E-state index contributed by atoms with van der Waals surface area (Å²) >= 11 is 0. The van der Waals surface area contributed by atoms with Crippen molar-refractivity contribution in [1.82, 2.24) is 35.0 Å². The van der Waals surface area contributed by atoms with Gasteiger partial charge in [-0.2, -0.15) is 5.10 Å². The predicted molar refractivity (Wildman–Crippen MR) is 138 cm³/mol. The fraction of sp³-hybridized carbons (Fsp3) is 0.250. The Balaban J connectivity index is 1.21. The molecule has 2 aromatic carbocycles. The van der Waals surface area contributed by atoms with E-state index < -0.39 is 0 Å². The molecule has 9 heteroatoms. The molecule has 1 aliphatic rings. The summed E-state index contributed by atoms with van der Waals surface area (Å²) in [4.78, 5) is 29.7. The van der Waals surface area contributed by atoms with E-state index in [4.69, 9.17) is 0 Å². The highest BCUT2D eigenvalue weighted by Gasteiger charge is 2.24. The van der Waals surface area contributed by atoms with Crippen LogP contribution in [0, 0.1) is 5.82 Å². The topological polar surface area (TPSA) is 101 Å². The van der Waals surface area contributed by atoms with Gasteiger partial charge in [0.15, 0.2) is 11.3 Å². The highest BCUT2D eigenvalue weighted by atomic mass is 19.1. The third-order valence-corrected chi connectivity index (χ3v) is 7.00. The number of nitrogens with one attached hydrogen (secondary N) is 2.